The lowest BCUT2D eigenvalue weighted by atomic mass is 10.2. The highest BCUT2D eigenvalue weighted by atomic mass is 35.5. The number of carbonyl (C=O) groups excluding carboxylic acids is 1. The lowest BCUT2D eigenvalue weighted by Gasteiger charge is -2.04. The third kappa shape index (κ3) is 2.81. The largest absolute Gasteiger partial charge is 0.506 e. The van der Waals surface area contributed by atoms with Gasteiger partial charge in [-0.3, -0.25) is 9.48 Å². The predicted octanol–water partition coefficient (Wildman–Crippen LogP) is 1.71. The monoisotopic (exact) mass is 265 g/mol. The highest BCUT2D eigenvalue weighted by molar-refractivity contribution is 6.32. The molecule has 0 fully saturated rings. The molecule has 0 bridgehead atoms. The van der Waals surface area contributed by atoms with Crippen molar-refractivity contribution in [2.24, 2.45) is 7.05 Å². The Labute approximate surface area is 109 Å². The second-order valence-electron chi connectivity index (χ2n) is 3.87. The normalized spacial score (nSPS) is 10.3. The lowest BCUT2D eigenvalue weighted by molar-refractivity contribution is 0.0951. The number of nitrogens with zero attached hydrogens (tertiary/aromatic N) is 2. The van der Waals surface area contributed by atoms with Gasteiger partial charge in [0.05, 0.1) is 11.2 Å². The SMILES string of the molecule is Cn1cc(CNC(=O)c2ccc(O)c(Cl)c2)cn1. The first kappa shape index (κ1) is 12.4. The van der Waals surface area contributed by atoms with Crippen LogP contribution >= 0.6 is 11.6 Å². The van der Waals surface area contributed by atoms with E-state index in [-0.39, 0.29) is 16.7 Å². The second-order valence-corrected chi connectivity index (χ2v) is 4.28. The van der Waals surface area contributed by atoms with Gasteiger partial charge in [0.15, 0.2) is 0 Å². The van der Waals surface area contributed by atoms with E-state index in [2.05, 4.69) is 10.4 Å². The standard InChI is InChI=1S/C12H12ClN3O2/c1-16-7-8(6-15-16)5-14-12(18)9-2-3-11(17)10(13)4-9/h2-4,6-7,17H,5H2,1H3,(H,14,18). The summed E-state index contributed by atoms with van der Waals surface area (Å²) in [5.41, 5.74) is 1.32. The van der Waals surface area contributed by atoms with Crippen LogP contribution in [0.25, 0.3) is 0 Å². The average Bonchev–Trinajstić information content (AvgIpc) is 2.75. The molecule has 94 valence electrons. The fraction of sp³-hybridized carbons (Fsp3) is 0.167. The summed E-state index contributed by atoms with van der Waals surface area (Å²) >= 11 is 5.74. The van der Waals surface area contributed by atoms with Gasteiger partial charge < -0.3 is 10.4 Å². The summed E-state index contributed by atoms with van der Waals surface area (Å²) < 4.78 is 1.67. The van der Waals surface area contributed by atoms with Gasteiger partial charge in [0, 0.05) is 30.9 Å². The van der Waals surface area contributed by atoms with Crippen LogP contribution in [0.15, 0.2) is 30.6 Å². The van der Waals surface area contributed by atoms with Crippen molar-refractivity contribution in [2.45, 2.75) is 6.54 Å². The molecule has 0 spiro atoms. The number of halogens is 1. The third-order valence-electron chi connectivity index (χ3n) is 2.42. The van der Waals surface area contributed by atoms with Crippen LogP contribution in [0.5, 0.6) is 5.75 Å². The first-order valence-corrected chi connectivity index (χ1v) is 5.68. The van der Waals surface area contributed by atoms with Crippen LogP contribution in [0.4, 0.5) is 0 Å². The molecule has 0 saturated heterocycles. The van der Waals surface area contributed by atoms with Gasteiger partial charge in [0.2, 0.25) is 0 Å². The van der Waals surface area contributed by atoms with Crippen LogP contribution < -0.4 is 5.32 Å². The summed E-state index contributed by atoms with van der Waals surface area (Å²) in [5.74, 6) is -0.291. The minimum Gasteiger partial charge on any atom is -0.506 e. The van der Waals surface area contributed by atoms with Crippen molar-refractivity contribution in [3.8, 4) is 5.75 Å². The number of carbonyl (C=O) groups is 1. The van der Waals surface area contributed by atoms with Gasteiger partial charge in [-0.2, -0.15) is 5.10 Å². The molecule has 0 radical (unpaired) electrons. The molecule has 5 nitrogen and oxygen atoms in total. The summed E-state index contributed by atoms with van der Waals surface area (Å²) in [6.07, 6.45) is 3.51. The summed E-state index contributed by atoms with van der Waals surface area (Å²) in [6.45, 7) is 0.394. The molecule has 0 aliphatic carbocycles. The van der Waals surface area contributed by atoms with E-state index in [1.54, 1.807) is 10.9 Å². The number of phenols is 1. The Bertz CT molecular complexity index is 580. The van der Waals surface area contributed by atoms with Crippen LogP contribution in [0.2, 0.25) is 5.02 Å². The van der Waals surface area contributed by atoms with Crippen molar-refractivity contribution in [3.05, 3.63) is 46.7 Å². The predicted molar refractivity (Wildman–Crippen MR) is 67.5 cm³/mol. The van der Waals surface area contributed by atoms with E-state index in [0.717, 1.165) is 5.56 Å². The molecule has 18 heavy (non-hydrogen) atoms. The van der Waals surface area contributed by atoms with Crippen LogP contribution in [0.1, 0.15) is 15.9 Å². The molecule has 0 aliphatic heterocycles. The van der Waals surface area contributed by atoms with Crippen molar-refractivity contribution in [1.82, 2.24) is 15.1 Å². The summed E-state index contributed by atoms with van der Waals surface area (Å²) in [7, 11) is 1.81. The van der Waals surface area contributed by atoms with Crippen molar-refractivity contribution in [1.29, 1.82) is 0 Å². The smallest absolute Gasteiger partial charge is 0.251 e. The number of phenolic OH excluding ortho intramolecular Hbond substituents is 1. The maximum atomic E-state index is 11.8. The van der Waals surface area contributed by atoms with Crippen LogP contribution in [-0.4, -0.2) is 20.8 Å². The molecule has 2 rings (SSSR count). The zero-order valence-electron chi connectivity index (χ0n) is 9.72. The van der Waals surface area contributed by atoms with Crippen molar-refractivity contribution < 1.29 is 9.90 Å². The Morgan fingerprint density at radius 3 is 2.94 bits per heavy atom. The molecule has 6 heteroatoms. The quantitative estimate of drug-likeness (QED) is 0.888. The molecular formula is C12H12ClN3O2. The number of amides is 1. The number of nitrogens with one attached hydrogen (secondary N) is 1. The van der Waals surface area contributed by atoms with E-state index in [1.807, 2.05) is 13.2 Å². The van der Waals surface area contributed by atoms with Gasteiger partial charge >= 0.3 is 0 Å². The third-order valence-corrected chi connectivity index (χ3v) is 2.72. The molecule has 1 heterocycles. The minimum atomic E-state index is -0.249. The van der Waals surface area contributed by atoms with E-state index in [4.69, 9.17) is 11.6 Å². The number of hydrogen-bond donors (Lipinski definition) is 2. The number of rotatable bonds is 3. The maximum absolute atomic E-state index is 11.8. The first-order valence-electron chi connectivity index (χ1n) is 5.30. The van der Waals surface area contributed by atoms with Gasteiger partial charge in [-0.15, -0.1) is 0 Å². The molecule has 0 saturated carbocycles. The average molecular weight is 266 g/mol. The molecule has 0 atom stereocenters. The molecule has 1 aromatic carbocycles. The first-order chi connectivity index (χ1) is 8.56. The van der Waals surface area contributed by atoms with E-state index in [9.17, 15) is 9.90 Å². The Hall–Kier alpha value is -2.01. The van der Waals surface area contributed by atoms with Crippen LogP contribution in [-0.2, 0) is 13.6 Å². The van der Waals surface area contributed by atoms with Gasteiger partial charge in [0.25, 0.3) is 5.91 Å². The number of benzene rings is 1. The Morgan fingerprint density at radius 1 is 1.56 bits per heavy atom. The fourth-order valence-electron chi connectivity index (χ4n) is 1.50. The Kier molecular flexibility index (Phi) is 3.53. The molecule has 0 unspecified atom stereocenters. The Morgan fingerprint density at radius 2 is 2.33 bits per heavy atom. The van der Waals surface area contributed by atoms with Crippen molar-refractivity contribution >= 4 is 17.5 Å². The van der Waals surface area contributed by atoms with Gasteiger partial charge in [-0.25, -0.2) is 0 Å². The molecule has 0 aliphatic rings. The summed E-state index contributed by atoms with van der Waals surface area (Å²) in [6, 6.07) is 4.33. The van der Waals surface area contributed by atoms with Gasteiger partial charge in [-0.05, 0) is 18.2 Å². The van der Waals surface area contributed by atoms with Crippen molar-refractivity contribution in [3.63, 3.8) is 0 Å². The van der Waals surface area contributed by atoms with E-state index in [1.165, 1.54) is 18.2 Å². The fourth-order valence-corrected chi connectivity index (χ4v) is 1.68. The van der Waals surface area contributed by atoms with E-state index < -0.39 is 0 Å². The number of aromatic nitrogens is 2. The lowest BCUT2D eigenvalue weighted by Crippen LogP contribution is -2.22. The molecule has 2 N–H and O–H groups in total. The Balaban J connectivity index is 2.01. The van der Waals surface area contributed by atoms with Crippen LogP contribution in [0.3, 0.4) is 0 Å². The van der Waals surface area contributed by atoms with Gasteiger partial charge in [-0.1, -0.05) is 11.6 Å². The zero-order valence-corrected chi connectivity index (χ0v) is 10.5. The summed E-state index contributed by atoms with van der Waals surface area (Å²) in [5, 5.41) is 16.2. The van der Waals surface area contributed by atoms with E-state index in [0.29, 0.717) is 12.1 Å². The second kappa shape index (κ2) is 5.10. The molecular weight excluding hydrogens is 254 g/mol. The molecule has 1 amide bonds. The van der Waals surface area contributed by atoms with Gasteiger partial charge in [0.1, 0.15) is 5.75 Å². The minimum absolute atomic E-state index is 0.0412. The number of hydrogen-bond acceptors (Lipinski definition) is 3. The highest BCUT2D eigenvalue weighted by Gasteiger charge is 2.08. The maximum Gasteiger partial charge on any atom is 0.251 e. The number of aromatic hydroxyl groups is 1. The van der Waals surface area contributed by atoms with E-state index >= 15 is 0 Å². The number of aryl methyl sites for hydroxylation is 1. The zero-order chi connectivity index (χ0) is 13.1. The van der Waals surface area contributed by atoms with Crippen LogP contribution in [0, 0.1) is 0 Å². The topological polar surface area (TPSA) is 67.2 Å². The van der Waals surface area contributed by atoms with Crippen molar-refractivity contribution in [2.75, 3.05) is 0 Å². The summed E-state index contributed by atoms with van der Waals surface area (Å²) in [4.78, 5) is 11.8. The molecule has 2 aromatic rings. The highest BCUT2D eigenvalue weighted by Crippen LogP contribution is 2.23. The molecule has 1 aromatic heterocycles.